The molecule has 0 bridgehead atoms. The van der Waals surface area contributed by atoms with Crippen LogP contribution in [0.5, 0.6) is 0 Å². The van der Waals surface area contributed by atoms with Gasteiger partial charge < -0.3 is 8.83 Å². The molecule has 1 aliphatic rings. The summed E-state index contributed by atoms with van der Waals surface area (Å²) in [6.45, 7) is 16.1. The molecule has 7 rings (SSSR count). The number of furan rings is 2. The first-order chi connectivity index (χ1) is 21.4. The Morgan fingerprint density at radius 1 is 0.500 bits per heavy atom. The first-order valence-corrected chi connectivity index (χ1v) is 16.1. The molecule has 0 aliphatic heterocycles. The monoisotopic (exact) mass is 602 g/mol. The summed E-state index contributed by atoms with van der Waals surface area (Å²) in [6, 6.07) is 29.4. The van der Waals surface area contributed by atoms with Gasteiger partial charge in [0.05, 0.1) is 11.7 Å². The molecule has 0 radical (unpaired) electrons. The van der Waals surface area contributed by atoms with Crippen LogP contribution in [0, 0.1) is 27.7 Å². The van der Waals surface area contributed by atoms with Gasteiger partial charge in [-0.1, -0.05) is 99.5 Å². The Hall–Kier alpha value is -4.48. The summed E-state index contributed by atoms with van der Waals surface area (Å²) < 4.78 is 20.3. The number of nitrogens with zero attached hydrogens (tertiary/aromatic N) is 2. The molecule has 0 amide bonds. The van der Waals surface area contributed by atoms with E-state index in [1.165, 1.54) is 45.1 Å². The van der Waals surface area contributed by atoms with Crippen LogP contribution in [-0.4, -0.2) is 8.75 Å². The second-order valence-electron chi connectivity index (χ2n) is 10.2. The fourth-order valence-corrected chi connectivity index (χ4v) is 5.45. The molecule has 0 unspecified atom stereocenters. The molecule has 226 valence electrons. The molecule has 6 aromatic rings. The van der Waals surface area contributed by atoms with Gasteiger partial charge in [0.1, 0.15) is 34.1 Å². The van der Waals surface area contributed by atoms with E-state index in [0.29, 0.717) is 0 Å². The molecule has 1 aliphatic carbocycles. The van der Waals surface area contributed by atoms with E-state index in [2.05, 4.69) is 83.3 Å². The van der Waals surface area contributed by atoms with Crippen LogP contribution < -0.4 is 0 Å². The highest BCUT2D eigenvalue weighted by molar-refractivity contribution is 7.00. The van der Waals surface area contributed by atoms with Crippen molar-refractivity contribution in [1.82, 2.24) is 8.75 Å². The van der Waals surface area contributed by atoms with E-state index in [-0.39, 0.29) is 0 Å². The molecule has 44 heavy (non-hydrogen) atoms. The highest BCUT2D eigenvalue weighted by atomic mass is 32.1. The minimum Gasteiger partial charge on any atom is -0.461 e. The molecule has 3 heterocycles. The van der Waals surface area contributed by atoms with Crippen molar-refractivity contribution in [2.45, 2.75) is 61.8 Å². The summed E-state index contributed by atoms with van der Waals surface area (Å²) in [6.07, 6.45) is 5.53. The molecule has 0 N–H and O–H groups in total. The quantitative estimate of drug-likeness (QED) is 0.201. The van der Waals surface area contributed by atoms with E-state index < -0.39 is 0 Å². The van der Waals surface area contributed by atoms with Crippen molar-refractivity contribution < 1.29 is 8.83 Å². The summed E-state index contributed by atoms with van der Waals surface area (Å²) in [7, 11) is 0. The molecule has 0 atom stereocenters. The van der Waals surface area contributed by atoms with E-state index in [1.54, 1.807) is 0 Å². The van der Waals surface area contributed by atoms with Gasteiger partial charge in [0.15, 0.2) is 0 Å². The van der Waals surface area contributed by atoms with E-state index in [9.17, 15) is 0 Å². The number of rotatable bonds is 4. The zero-order valence-electron chi connectivity index (χ0n) is 27.1. The first kappa shape index (κ1) is 32.4. The molecule has 0 spiro atoms. The van der Waals surface area contributed by atoms with Crippen molar-refractivity contribution in [3.05, 3.63) is 131 Å². The largest absolute Gasteiger partial charge is 0.461 e. The molecule has 0 fully saturated rings. The van der Waals surface area contributed by atoms with Crippen molar-refractivity contribution in [2.24, 2.45) is 0 Å². The predicted octanol–water partition coefficient (Wildman–Crippen LogP) is 12.1. The van der Waals surface area contributed by atoms with Gasteiger partial charge in [-0.15, -0.1) is 0 Å². The van der Waals surface area contributed by atoms with Crippen LogP contribution in [-0.2, 0) is 0 Å². The van der Waals surface area contributed by atoms with Gasteiger partial charge in [-0.05, 0) is 92.8 Å². The average Bonchev–Trinajstić information content (AvgIpc) is 3.88. The van der Waals surface area contributed by atoms with Gasteiger partial charge in [-0.2, -0.15) is 8.75 Å². The Morgan fingerprint density at radius 3 is 1.23 bits per heavy atom. The van der Waals surface area contributed by atoms with Crippen LogP contribution in [0.2, 0.25) is 0 Å². The number of aromatic nitrogens is 2. The molecule has 0 saturated heterocycles. The number of hydrogen-bond donors (Lipinski definition) is 0. The third-order valence-corrected chi connectivity index (χ3v) is 7.67. The summed E-state index contributed by atoms with van der Waals surface area (Å²) >= 11 is 1.20. The zero-order chi connectivity index (χ0) is 31.6. The number of hydrogen-bond acceptors (Lipinski definition) is 5. The predicted molar refractivity (Wildman–Crippen MR) is 188 cm³/mol. The van der Waals surface area contributed by atoms with Crippen molar-refractivity contribution in [1.29, 1.82) is 0 Å². The van der Waals surface area contributed by atoms with Crippen LogP contribution in [0.1, 0.15) is 67.9 Å². The van der Waals surface area contributed by atoms with E-state index in [4.69, 9.17) is 8.83 Å². The lowest BCUT2D eigenvalue weighted by atomic mass is 9.98. The lowest BCUT2D eigenvalue weighted by Gasteiger charge is -2.07. The Bertz CT molecular complexity index is 1710. The summed E-state index contributed by atoms with van der Waals surface area (Å²) in [5, 5.41) is 0. The van der Waals surface area contributed by atoms with Gasteiger partial charge in [0.25, 0.3) is 0 Å². The molecule has 3 aromatic carbocycles. The smallest absolute Gasteiger partial charge is 0.136 e. The van der Waals surface area contributed by atoms with Gasteiger partial charge in [-0.3, -0.25) is 0 Å². The Kier molecular flexibility index (Phi) is 11.3. The maximum atomic E-state index is 5.71. The second-order valence-corrected chi connectivity index (χ2v) is 10.8. The van der Waals surface area contributed by atoms with Crippen LogP contribution in [0.3, 0.4) is 0 Å². The van der Waals surface area contributed by atoms with E-state index >= 15 is 0 Å². The van der Waals surface area contributed by atoms with Crippen molar-refractivity contribution in [2.75, 3.05) is 0 Å². The third kappa shape index (κ3) is 7.53. The Morgan fingerprint density at radius 2 is 0.886 bits per heavy atom. The lowest BCUT2D eigenvalue weighted by molar-refractivity contribution is 0.547. The van der Waals surface area contributed by atoms with Crippen LogP contribution in [0.4, 0.5) is 0 Å². The first-order valence-electron chi connectivity index (χ1n) is 15.4. The third-order valence-electron chi connectivity index (χ3n) is 7.14. The SMILES string of the molecule is CC.CC.Cc1ccc(-c2ccc(-c3ccc(C)o3)c3nsnc23)o1.Cc1ccc(C2=CC=C(c3ccc(C)cc3)C2)cc1. The van der Waals surface area contributed by atoms with Crippen LogP contribution >= 0.6 is 11.7 Å². The highest BCUT2D eigenvalue weighted by Gasteiger charge is 2.17. The molecule has 5 heteroatoms. The highest BCUT2D eigenvalue weighted by Crippen LogP contribution is 2.36. The fraction of sp³-hybridized carbons (Fsp3) is 0.231. The van der Waals surface area contributed by atoms with Gasteiger partial charge >= 0.3 is 0 Å². The fourth-order valence-electron chi connectivity index (χ4n) is 4.88. The summed E-state index contributed by atoms with van der Waals surface area (Å²) in [5.74, 6) is 3.39. The Labute approximate surface area is 266 Å². The molecular formula is C39H42N2O2S. The van der Waals surface area contributed by atoms with Crippen LogP contribution in [0.25, 0.3) is 44.8 Å². The molecular weight excluding hydrogens is 561 g/mol. The molecule has 0 saturated carbocycles. The second kappa shape index (κ2) is 15.3. The van der Waals surface area contributed by atoms with Gasteiger partial charge in [0, 0.05) is 11.1 Å². The topological polar surface area (TPSA) is 52.1 Å². The maximum absolute atomic E-state index is 5.71. The Balaban J connectivity index is 0.000000182. The average molecular weight is 603 g/mol. The van der Waals surface area contributed by atoms with Crippen molar-refractivity contribution >= 4 is 33.9 Å². The van der Waals surface area contributed by atoms with E-state index in [0.717, 1.165) is 51.6 Å². The normalized spacial score (nSPS) is 11.8. The van der Waals surface area contributed by atoms with Crippen LogP contribution in [0.15, 0.2) is 106 Å². The number of fused-ring (bicyclic) bond motifs is 1. The minimum absolute atomic E-state index is 0.812. The molecule has 3 aromatic heterocycles. The number of allylic oxidation sites excluding steroid dienone is 4. The summed E-state index contributed by atoms with van der Waals surface area (Å²) in [5.41, 5.74) is 11.7. The standard InChI is InChI=1S/C19H18.C16H12N2O2S.2C2H6/c1-14-3-7-16(8-4-14)18-11-12-19(13-18)17-9-5-15(2)6-10-17;1-9-3-7-13(19-9)11-5-6-12(14-8-4-10(2)20-14)16-15(11)17-21-18-16;2*1-2/h3-12H,13H2,1-2H3;3-8H,1-2H3;2*1-2H3. The lowest BCUT2D eigenvalue weighted by Crippen LogP contribution is -1.85. The number of benzene rings is 3. The van der Waals surface area contributed by atoms with Gasteiger partial charge in [0.2, 0.25) is 0 Å². The zero-order valence-corrected chi connectivity index (χ0v) is 27.9. The number of aryl methyl sites for hydroxylation is 4. The van der Waals surface area contributed by atoms with Crippen molar-refractivity contribution in [3.63, 3.8) is 0 Å². The molecule has 4 nitrogen and oxygen atoms in total. The minimum atomic E-state index is 0.812. The van der Waals surface area contributed by atoms with E-state index in [1.807, 2.05) is 77.9 Å². The summed E-state index contributed by atoms with van der Waals surface area (Å²) in [4.78, 5) is 0. The maximum Gasteiger partial charge on any atom is 0.136 e. The van der Waals surface area contributed by atoms with Gasteiger partial charge in [-0.25, -0.2) is 0 Å². The van der Waals surface area contributed by atoms with Crippen molar-refractivity contribution in [3.8, 4) is 22.6 Å².